The summed E-state index contributed by atoms with van der Waals surface area (Å²) in [6, 6.07) is 5.53. The summed E-state index contributed by atoms with van der Waals surface area (Å²) in [5.41, 5.74) is 11.9. The quantitative estimate of drug-likeness (QED) is 0.373. The van der Waals surface area contributed by atoms with Gasteiger partial charge in [-0.1, -0.05) is 23.2 Å². The van der Waals surface area contributed by atoms with Gasteiger partial charge in [-0.25, -0.2) is 16.8 Å². The van der Waals surface area contributed by atoms with Gasteiger partial charge in [0.25, 0.3) is 0 Å². The number of halogens is 2. The van der Waals surface area contributed by atoms with Crippen LogP contribution in [-0.2, 0) is 20.2 Å². The number of nitrogens with two attached hydrogens (primary N) is 2. The first-order chi connectivity index (χ1) is 11.6. The predicted octanol–water partition coefficient (Wildman–Crippen LogP) is 1.89. The van der Waals surface area contributed by atoms with Crippen molar-refractivity contribution in [2.45, 2.75) is 23.6 Å². The molecule has 0 aliphatic carbocycles. The van der Waals surface area contributed by atoms with Crippen LogP contribution in [0.5, 0.6) is 0 Å². The third-order valence-electron chi connectivity index (χ3n) is 2.93. The van der Waals surface area contributed by atoms with Gasteiger partial charge in [0.05, 0.1) is 31.2 Å². The van der Waals surface area contributed by atoms with Gasteiger partial charge in [-0.3, -0.25) is 0 Å². The number of hydrogen-bond donors (Lipinski definition) is 2. The molecule has 0 bridgehead atoms. The maximum absolute atomic E-state index is 10.7. The normalized spacial score (nSPS) is 11.2. The van der Waals surface area contributed by atoms with Crippen LogP contribution < -0.4 is 11.5 Å². The standard InChI is InChI=1S/2C7H8ClNO3S.Ca/c2*1-4-2-5(8)7(6(9)3-4)13(10,11)12;/h2*2-3H,9H2,1H3,(H,10,11,12);/q;;+2/p-2. The van der Waals surface area contributed by atoms with E-state index >= 15 is 0 Å². The van der Waals surface area contributed by atoms with Crippen LogP contribution in [0.15, 0.2) is 34.1 Å². The average Bonchev–Trinajstić information content (AvgIpc) is 2.32. The van der Waals surface area contributed by atoms with Crippen molar-refractivity contribution in [1.29, 1.82) is 0 Å². The second kappa shape index (κ2) is 9.95. The van der Waals surface area contributed by atoms with Gasteiger partial charge < -0.3 is 20.6 Å². The zero-order chi connectivity index (χ0) is 20.4. The van der Waals surface area contributed by atoms with E-state index in [9.17, 15) is 25.9 Å². The molecule has 0 heterocycles. The van der Waals surface area contributed by atoms with E-state index in [2.05, 4.69) is 0 Å². The molecule has 13 heteroatoms. The molecule has 0 saturated heterocycles. The van der Waals surface area contributed by atoms with E-state index in [1.54, 1.807) is 13.8 Å². The zero-order valence-corrected chi connectivity index (χ0v) is 19.5. The van der Waals surface area contributed by atoms with Gasteiger partial charge in [0, 0.05) is 0 Å². The monoisotopic (exact) mass is 480 g/mol. The second-order valence-corrected chi connectivity index (χ2v) is 8.69. The van der Waals surface area contributed by atoms with Crippen LogP contribution in [0.25, 0.3) is 0 Å². The Hall–Kier alpha value is -0.300. The summed E-state index contributed by atoms with van der Waals surface area (Å²) in [7, 11) is -9.18. The van der Waals surface area contributed by atoms with E-state index in [4.69, 9.17) is 34.7 Å². The number of hydrogen-bond acceptors (Lipinski definition) is 8. The largest absolute Gasteiger partial charge is 2.00 e. The third-order valence-corrected chi connectivity index (χ3v) is 5.66. The minimum Gasteiger partial charge on any atom is -0.744 e. The van der Waals surface area contributed by atoms with Crippen molar-refractivity contribution in [3.63, 3.8) is 0 Å². The van der Waals surface area contributed by atoms with Crippen LogP contribution in [0, 0.1) is 13.8 Å². The molecule has 0 fully saturated rings. The van der Waals surface area contributed by atoms with Crippen molar-refractivity contribution in [2.24, 2.45) is 0 Å². The van der Waals surface area contributed by atoms with E-state index in [0.717, 1.165) is 0 Å². The molecule has 0 saturated carbocycles. The van der Waals surface area contributed by atoms with Crippen molar-refractivity contribution in [2.75, 3.05) is 11.5 Å². The molecule has 0 aliphatic rings. The first kappa shape index (κ1) is 26.7. The van der Waals surface area contributed by atoms with Crippen molar-refractivity contribution in [3.05, 3.63) is 45.4 Å². The van der Waals surface area contributed by atoms with E-state index < -0.39 is 30.0 Å². The van der Waals surface area contributed by atoms with E-state index in [-0.39, 0.29) is 59.2 Å². The van der Waals surface area contributed by atoms with Gasteiger partial charge in [0.2, 0.25) is 0 Å². The Balaban J connectivity index is 0.000000483. The fourth-order valence-corrected chi connectivity index (χ4v) is 4.46. The van der Waals surface area contributed by atoms with Gasteiger partial charge in [0.1, 0.15) is 20.2 Å². The summed E-state index contributed by atoms with van der Waals surface area (Å²) in [6.45, 7) is 3.40. The molecule has 0 unspecified atom stereocenters. The summed E-state index contributed by atoms with van der Waals surface area (Å²) >= 11 is 11.1. The minimum atomic E-state index is -4.59. The van der Waals surface area contributed by atoms with Crippen molar-refractivity contribution < 1.29 is 25.9 Å². The minimum absolute atomic E-state index is 0. The van der Waals surface area contributed by atoms with Crippen molar-refractivity contribution in [1.82, 2.24) is 0 Å². The molecule has 0 amide bonds. The van der Waals surface area contributed by atoms with Gasteiger partial charge in [-0.05, 0) is 49.2 Å². The van der Waals surface area contributed by atoms with E-state index in [0.29, 0.717) is 11.1 Å². The summed E-state index contributed by atoms with van der Waals surface area (Å²) < 4.78 is 64.0. The summed E-state index contributed by atoms with van der Waals surface area (Å²) in [5, 5.41) is -0.264. The predicted molar refractivity (Wildman–Crippen MR) is 103 cm³/mol. The number of aryl methyl sites for hydroxylation is 2. The van der Waals surface area contributed by atoms with Gasteiger partial charge in [0.15, 0.2) is 0 Å². The van der Waals surface area contributed by atoms with Crippen molar-refractivity contribution in [3.8, 4) is 0 Å². The second-order valence-electron chi connectivity index (χ2n) is 5.24. The first-order valence-corrected chi connectivity index (χ1v) is 10.2. The molecule has 0 aromatic heterocycles. The smallest absolute Gasteiger partial charge is 0.744 e. The maximum atomic E-state index is 10.7. The van der Waals surface area contributed by atoms with Gasteiger partial charge >= 0.3 is 37.7 Å². The Kier molecular flexibility index (Phi) is 9.84. The first-order valence-electron chi connectivity index (χ1n) is 6.67. The van der Waals surface area contributed by atoms with Crippen LogP contribution in [0.2, 0.25) is 10.0 Å². The molecule has 8 nitrogen and oxygen atoms in total. The molecule has 2 aromatic rings. The van der Waals surface area contributed by atoms with E-state index in [1.165, 1.54) is 24.3 Å². The molecule has 0 radical (unpaired) electrons. The molecule has 2 rings (SSSR count). The molecule has 27 heavy (non-hydrogen) atoms. The summed E-state index contributed by atoms with van der Waals surface area (Å²) in [5.74, 6) is 0. The fraction of sp³-hybridized carbons (Fsp3) is 0.143. The number of rotatable bonds is 2. The average molecular weight is 481 g/mol. The molecule has 0 aliphatic heterocycles. The SMILES string of the molecule is Cc1cc(N)c(S(=O)(=O)[O-])c(Cl)c1.Cc1cc(N)c(S(=O)(=O)[O-])c(Cl)c1.[Ca+2]. The Morgan fingerprint density at radius 2 is 1.00 bits per heavy atom. The van der Waals surface area contributed by atoms with E-state index in [1.807, 2.05) is 0 Å². The van der Waals surface area contributed by atoms with Gasteiger partial charge in [-0.2, -0.15) is 0 Å². The van der Waals surface area contributed by atoms with Crippen LogP contribution in [0.4, 0.5) is 11.4 Å². The third kappa shape index (κ3) is 7.56. The van der Waals surface area contributed by atoms with Crippen LogP contribution >= 0.6 is 23.2 Å². The van der Waals surface area contributed by atoms with Crippen LogP contribution in [-0.4, -0.2) is 63.7 Å². The number of anilines is 2. The van der Waals surface area contributed by atoms with Crippen molar-refractivity contribution >= 4 is 92.6 Å². The van der Waals surface area contributed by atoms with Crippen LogP contribution in [0.3, 0.4) is 0 Å². The zero-order valence-electron chi connectivity index (χ0n) is 14.2. The Labute approximate surface area is 197 Å². The number of nitrogen functional groups attached to an aromatic ring is 2. The number of benzene rings is 2. The topological polar surface area (TPSA) is 166 Å². The fourth-order valence-electron chi connectivity index (χ4n) is 2.04. The molecule has 0 atom stereocenters. The molecule has 0 spiro atoms. The Morgan fingerprint density at radius 1 is 0.741 bits per heavy atom. The summed E-state index contributed by atoms with van der Waals surface area (Å²) in [6.07, 6.45) is 0. The summed E-state index contributed by atoms with van der Waals surface area (Å²) in [4.78, 5) is -1.08. The van der Waals surface area contributed by atoms with Gasteiger partial charge in [-0.15, -0.1) is 0 Å². The molecule has 4 N–H and O–H groups in total. The Morgan fingerprint density at radius 3 is 1.19 bits per heavy atom. The maximum Gasteiger partial charge on any atom is 2.00 e. The molecule has 144 valence electrons. The molecule has 2 aromatic carbocycles. The molecular formula is C14H14CaCl2N2O6S2. The Bertz CT molecular complexity index is 928. The van der Waals surface area contributed by atoms with Crippen LogP contribution in [0.1, 0.15) is 11.1 Å². The molecular weight excluding hydrogens is 467 g/mol.